The van der Waals surface area contributed by atoms with Crippen LogP contribution in [0.3, 0.4) is 0 Å². The van der Waals surface area contributed by atoms with Crippen molar-refractivity contribution in [1.82, 2.24) is 24.8 Å². The number of nitrogens with zero attached hydrogens (tertiary/aromatic N) is 5. The summed E-state index contributed by atoms with van der Waals surface area (Å²) in [5, 5.41) is 27.4. The highest BCUT2D eigenvalue weighted by atomic mass is 16.5. The van der Waals surface area contributed by atoms with Crippen LogP contribution in [0.2, 0.25) is 0 Å². The molecule has 11 nitrogen and oxygen atoms in total. The van der Waals surface area contributed by atoms with Crippen LogP contribution >= 0.6 is 0 Å². The van der Waals surface area contributed by atoms with E-state index < -0.39 is 35.6 Å². The molecule has 3 saturated heterocycles. The summed E-state index contributed by atoms with van der Waals surface area (Å²) >= 11 is 0. The summed E-state index contributed by atoms with van der Waals surface area (Å²) in [5.41, 5.74) is 0.302. The Morgan fingerprint density at radius 2 is 2.08 bits per heavy atom. The first-order valence-electron chi connectivity index (χ1n) is 12.4. The van der Waals surface area contributed by atoms with Crippen molar-refractivity contribution >= 4 is 28.8 Å². The number of unbranched alkanes of at least 4 members (excludes halogenated alkanes) is 2. The number of fused-ring (bicyclic) bond motifs is 2. The summed E-state index contributed by atoms with van der Waals surface area (Å²) < 4.78 is 7.89. The molecule has 5 atom stereocenters. The van der Waals surface area contributed by atoms with Gasteiger partial charge < -0.3 is 24.7 Å². The molecule has 2 N–H and O–H groups in total. The van der Waals surface area contributed by atoms with E-state index in [-0.39, 0.29) is 31.6 Å². The first-order chi connectivity index (χ1) is 17.4. The van der Waals surface area contributed by atoms with Gasteiger partial charge in [-0.05, 0) is 44.2 Å². The Morgan fingerprint density at radius 1 is 1.28 bits per heavy atom. The lowest BCUT2D eigenvalue weighted by Crippen LogP contribution is -2.56. The SMILES string of the molecule is C=CCN(Cn1nnc2ccccc21)C(=O)[C@@H]1N(CCCCCO)C(=O)[C@H]2[C@H](C(=O)O)[C@@H]3CC[C@]12O3. The number of carboxylic acid groups (broad SMARTS) is 1. The molecule has 11 heteroatoms. The van der Waals surface area contributed by atoms with Gasteiger partial charge in [-0.1, -0.05) is 23.4 Å². The van der Waals surface area contributed by atoms with Crippen LogP contribution in [0.15, 0.2) is 36.9 Å². The second kappa shape index (κ2) is 9.62. The fraction of sp³-hybridized carbons (Fsp3) is 0.560. The molecule has 1 spiro atoms. The minimum absolute atomic E-state index is 0.0493. The summed E-state index contributed by atoms with van der Waals surface area (Å²) in [7, 11) is 0. The molecular formula is C25H31N5O6. The highest BCUT2D eigenvalue weighted by Crippen LogP contribution is 2.58. The molecule has 0 radical (unpaired) electrons. The van der Waals surface area contributed by atoms with E-state index in [2.05, 4.69) is 16.9 Å². The average molecular weight is 498 g/mol. The van der Waals surface area contributed by atoms with Crippen LogP contribution in [0.5, 0.6) is 0 Å². The summed E-state index contributed by atoms with van der Waals surface area (Å²) in [6.45, 7) is 4.45. The van der Waals surface area contributed by atoms with Crippen LogP contribution < -0.4 is 0 Å². The fourth-order valence-electron chi connectivity index (χ4n) is 6.25. The largest absolute Gasteiger partial charge is 0.481 e. The van der Waals surface area contributed by atoms with Gasteiger partial charge >= 0.3 is 5.97 Å². The van der Waals surface area contributed by atoms with Gasteiger partial charge in [0.25, 0.3) is 0 Å². The number of amides is 2. The van der Waals surface area contributed by atoms with Crippen molar-refractivity contribution in [3.05, 3.63) is 36.9 Å². The molecule has 0 unspecified atom stereocenters. The van der Waals surface area contributed by atoms with Crippen LogP contribution in [0, 0.1) is 11.8 Å². The molecule has 4 heterocycles. The molecular weight excluding hydrogens is 466 g/mol. The van der Waals surface area contributed by atoms with Crippen LogP contribution in [0.1, 0.15) is 32.1 Å². The van der Waals surface area contributed by atoms with Gasteiger partial charge in [-0.2, -0.15) is 0 Å². The highest BCUT2D eigenvalue weighted by molar-refractivity contribution is 5.98. The third kappa shape index (κ3) is 3.77. The lowest BCUT2D eigenvalue weighted by Gasteiger charge is -2.36. The number of carboxylic acids is 1. The first-order valence-corrected chi connectivity index (χ1v) is 12.4. The standard InChI is InChI=1S/C25H31N5O6/c1-2-12-28(15-30-17-9-5-4-8-16(17)26-27-30)23(33)21-25-11-10-18(36-25)19(24(34)35)20(25)22(32)29(21)13-6-3-7-14-31/h2,4-5,8-9,18-21,31H,1,3,6-7,10-15H2,(H,34,35)/t18-,19+,20+,21-,25+/m0/s1. The van der Waals surface area contributed by atoms with E-state index in [1.54, 1.807) is 15.7 Å². The third-order valence-corrected chi connectivity index (χ3v) is 7.76. The molecule has 5 rings (SSSR count). The minimum Gasteiger partial charge on any atom is -0.481 e. The van der Waals surface area contributed by atoms with E-state index in [1.165, 1.54) is 4.90 Å². The number of aromatic nitrogens is 3. The van der Waals surface area contributed by atoms with Gasteiger partial charge in [-0.3, -0.25) is 14.4 Å². The number of hydrogen-bond acceptors (Lipinski definition) is 7. The molecule has 192 valence electrons. The molecule has 1 aromatic carbocycles. The van der Waals surface area contributed by atoms with Crippen molar-refractivity contribution in [3.8, 4) is 0 Å². The van der Waals surface area contributed by atoms with Gasteiger partial charge in [-0.25, -0.2) is 4.68 Å². The number of aliphatic hydroxyl groups excluding tert-OH is 1. The van der Waals surface area contributed by atoms with Gasteiger partial charge in [0.05, 0.1) is 23.5 Å². The zero-order valence-corrected chi connectivity index (χ0v) is 20.0. The van der Waals surface area contributed by atoms with Crippen molar-refractivity contribution in [1.29, 1.82) is 0 Å². The number of likely N-dealkylation sites (tertiary alicyclic amines) is 1. The molecule has 2 amide bonds. The van der Waals surface area contributed by atoms with E-state index >= 15 is 0 Å². The Labute approximate surface area is 208 Å². The topological polar surface area (TPSA) is 138 Å². The first kappa shape index (κ1) is 24.4. The van der Waals surface area contributed by atoms with E-state index in [0.717, 1.165) is 5.52 Å². The maximum Gasteiger partial charge on any atom is 0.310 e. The molecule has 3 aliphatic rings. The Balaban J connectivity index is 1.48. The van der Waals surface area contributed by atoms with E-state index in [4.69, 9.17) is 9.84 Å². The number of benzene rings is 1. The number of para-hydroxylation sites is 1. The second-order valence-corrected chi connectivity index (χ2v) is 9.78. The van der Waals surface area contributed by atoms with Gasteiger partial charge in [0.1, 0.15) is 23.8 Å². The van der Waals surface area contributed by atoms with Crippen LogP contribution in [-0.2, 0) is 25.8 Å². The summed E-state index contributed by atoms with van der Waals surface area (Å²) in [6, 6.07) is 6.49. The maximum absolute atomic E-state index is 14.2. The van der Waals surface area contributed by atoms with Crippen molar-refractivity contribution in [3.63, 3.8) is 0 Å². The Hall–Kier alpha value is -3.31. The maximum atomic E-state index is 14.2. The number of hydrogen-bond donors (Lipinski definition) is 2. The molecule has 3 aliphatic heterocycles. The normalized spacial score (nSPS) is 28.6. The average Bonchev–Trinajstić information content (AvgIpc) is 3.61. The molecule has 2 aromatic rings. The predicted octanol–water partition coefficient (Wildman–Crippen LogP) is 1.03. The van der Waals surface area contributed by atoms with E-state index in [9.17, 15) is 19.5 Å². The summed E-state index contributed by atoms with van der Waals surface area (Å²) in [6.07, 6.45) is 3.86. The number of rotatable bonds is 11. The van der Waals surface area contributed by atoms with Gasteiger partial charge in [-0.15, -0.1) is 11.7 Å². The van der Waals surface area contributed by atoms with Crippen molar-refractivity contribution in [2.75, 3.05) is 19.7 Å². The van der Waals surface area contributed by atoms with E-state index in [0.29, 0.717) is 44.2 Å². The summed E-state index contributed by atoms with van der Waals surface area (Å²) in [5.74, 6) is -3.57. The third-order valence-electron chi connectivity index (χ3n) is 7.76. The zero-order chi connectivity index (χ0) is 25.4. The van der Waals surface area contributed by atoms with Crippen LogP contribution in [0.4, 0.5) is 0 Å². The number of carbonyl (C=O) groups is 3. The van der Waals surface area contributed by atoms with Gasteiger partial charge in [0, 0.05) is 19.7 Å². The van der Waals surface area contributed by atoms with Crippen LogP contribution in [-0.4, -0.2) is 90.2 Å². The minimum atomic E-state index is -1.16. The predicted molar refractivity (Wildman–Crippen MR) is 127 cm³/mol. The fourth-order valence-corrected chi connectivity index (χ4v) is 6.25. The second-order valence-electron chi connectivity index (χ2n) is 9.78. The molecule has 1 aromatic heterocycles. The molecule has 3 fully saturated rings. The van der Waals surface area contributed by atoms with Crippen molar-refractivity contribution in [2.24, 2.45) is 11.8 Å². The number of aliphatic carboxylic acids is 1. The van der Waals surface area contributed by atoms with Crippen LogP contribution in [0.25, 0.3) is 11.0 Å². The number of ether oxygens (including phenoxy) is 1. The number of aliphatic hydroxyl groups is 1. The zero-order valence-electron chi connectivity index (χ0n) is 20.0. The van der Waals surface area contributed by atoms with Crippen molar-refractivity contribution in [2.45, 2.75) is 56.5 Å². The molecule has 0 aliphatic carbocycles. The number of carbonyl (C=O) groups excluding carboxylic acids is 2. The van der Waals surface area contributed by atoms with E-state index in [1.807, 2.05) is 24.3 Å². The van der Waals surface area contributed by atoms with Crippen molar-refractivity contribution < 1.29 is 29.3 Å². The Morgan fingerprint density at radius 3 is 2.83 bits per heavy atom. The van der Waals surface area contributed by atoms with Gasteiger partial charge in [0.15, 0.2) is 0 Å². The molecule has 36 heavy (non-hydrogen) atoms. The monoisotopic (exact) mass is 497 g/mol. The summed E-state index contributed by atoms with van der Waals surface area (Å²) in [4.78, 5) is 43.1. The lowest BCUT2D eigenvalue weighted by molar-refractivity contribution is -0.151. The smallest absolute Gasteiger partial charge is 0.310 e. The Bertz CT molecular complexity index is 1180. The quantitative estimate of drug-likeness (QED) is 0.347. The molecule has 2 bridgehead atoms. The Kier molecular flexibility index (Phi) is 6.52. The highest BCUT2D eigenvalue weighted by Gasteiger charge is 2.74. The lowest BCUT2D eigenvalue weighted by atomic mass is 9.70. The van der Waals surface area contributed by atoms with Gasteiger partial charge in [0.2, 0.25) is 11.8 Å². The molecule has 0 saturated carbocycles.